The summed E-state index contributed by atoms with van der Waals surface area (Å²) < 4.78 is 2.18. The summed E-state index contributed by atoms with van der Waals surface area (Å²) in [5.41, 5.74) is 10.3. The lowest BCUT2D eigenvalue weighted by Gasteiger charge is -2.31. The highest BCUT2D eigenvalue weighted by Crippen LogP contribution is 2.21. The molecular formula is C22H32N6. The number of aromatic nitrogens is 4. The van der Waals surface area contributed by atoms with Gasteiger partial charge in [-0.1, -0.05) is 37.6 Å². The van der Waals surface area contributed by atoms with Crippen LogP contribution in [0.4, 0.5) is 5.82 Å². The van der Waals surface area contributed by atoms with Crippen molar-refractivity contribution in [1.82, 2.24) is 24.4 Å². The molecule has 0 amide bonds. The van der Waals surface area contributed by atoms with Crippen LogP contribution >= 0.6 is 0 Å². The van der Waals surface area contributed by atoms with E-state index in [0.29, 0.717) is 11.3 Å². The van der Waals surface area contributed by atoms with Crippen LogP contribution in [0.1, 0.15) is 57.5 Å². The number of aryl methyl sites for hydroxylation is 1. The fraction of sp³-hybridized carbons (Fsp3) is 0.500. The number of unbranched alkanes of at least 4 members (excludes halogenated alkanes) is 1. The molecule has 0 unspecified atom stereocenters. The number of imidazole rings is 1. The minimum atomic E-state index is 0.155. The van der Waals surface area contributed by atoms with Crippen molar-refractivity contribution in [2.75, 3.05) is 12.8 Å². The van der Waals surface area contributed by atoms with Crippen molar-refractivity contribution in [2.45, 2.75) is 65.6 Å². The second-order valence-corrected chi connectivity index (χ2v) is 8.49. The van der Waals surface area contributed by atoms with E-state index in [4.69, 9.17) is 10.7 Å². The molecule has 3 aromatic rings. The lowest BCUT2D eigenvalue weighted by atomic mass is 10.0. The van der Waals surface area contributed by atoms with Gasteiger partial charge in [0.15, 0.2) is 17.0 Å². The molecule has 28 heavy (non-hydrogen) atoms. The maximum Gasteiger partial charge on any atom is 0.165 e. The van der Waals surface area contributed by atoms with Gasteiger partial charge in [0, 0.05) is 18.5 Å². The molecule has 3 rings (SSSR count). The molecule has 0 saturated carbocycles. The standard InChI is InChI=1S/C22H32N6/c1-6-7-8-18-26-19-20(23)24-15-25-21(19)28(18)14-17-11-9-16(10-12-17)13-27(5)22(2,3)4/h9-12,15H,6-8,13-14H2,1-5H3,(H2,23,24,25). The van der Waals surface area contributed by atoms with Crippen molar-refractivity contribution in [2.24, 2.45) is 0 Å². The maximum atomic E-state index is 6.03. The lowest BCUT2D eigenvalue weighted by molar-refractivity contribution is 0.167. The number of anilines is 1. The SMILES string of the molecule is CCCCc1nc2c(N)ncnc2n1Cc1ccc(CN(C)C(C)(C)C)cc1. The smallest absolute Gasteiger partial charge is 0.165 e. The van der Waals surface area contributed by atoms with Gasteiger partial charge < -0.3 is 10.3 Å². The zero-order valence-electron chi connectivity index (χ0n) is 17.7. The number of hydrogen-bond acceptors (Lipinski definition) is 5. The molecule has 0 radical (unpaired) electrons. The maximum absolute atomic E-state index is 6.03. The molecule has 0 fully saturated rings. The van der Waals surface area contributed by atoms with Crippen LogP contribution in [0, 0.1) is 0 Å². The van der Waals surface area contributed by atoms with Gasteiger partial charge in [-0.25, -0.2) is 15.0 Å². The fourth-order valence-electron chi connectivity index (χ4n) is 3.13. The Kier molecular flexibility index (Phi) is 5.98. The van der Waals surface area contributed by atoms with E-state index >= 15 is 0 Å². The van der Waals surface area contributed by atoms with Gasteiger partial charge in [0.25, 0.3) is 0 Å². The van der Waals surface area contributed by atoms with Crippen molar-refractivity contribution >= 4 is 17.0 Å². The summed E-state index contributed by atoms with van der Waals surface area (Å²) in [5.74, 6) is 1.47. The zero-order chi connectivity index (χ0) is 20.3. The summed E-state index contributed by atoms with van der Waals surface area (Å²) in [6.07, 6.45) is 4.65. The second-order valence-electron chi connectivity index (χ2n) is 8.49. The van der Waals surface area contributed by atoms with Crippen LogP contribution in [-0.2, 0) is 19.5 Å². The topological polar surface area (TPSA) is 72.9 Å². The first-order chi connectivity index (χ1) is 13.3. The Morgan fingerprint density at radius 1 is 1.07 bits per heavy atom. The molecule has 6 nitrogen and oxygen atoms in total. The molecule has 0 bridgehead atoms. The average Bonchev–Trinajstić information content (AvgIpc) is 3.00. The van der Waals surface area contributed by atoms with Gasteiger partial charge in [-0.3, -0.25) is 4.90 Å². The third kappa shape index (κ3) is 4.50. The minimum Gasteiger partial charge on any atom is -0.382 e. The highest BCUT2D eigenvalue weighted by atomic mass is 15.2. The summed E-state index contributed by atoms with van der Waals surface area (Å²) in [6, 6.07) is 8.83. The number of nitrogens with two attached hydrogens (primary N) is 1. The minimum absolute atomic E-state index is 0.155. The van der Waals surface area contributed by atoms with Crippen LogP contribution in [0.3, 0.4) is 0 Å². The molecule has 6 heteroatoms. The predicted molar refractivity (Wildman–Crippen MR) is 115 cm³/mol. The summed E-state index contributed by atoms with van der Waals surface area (Å²) >= 11 is 0. The number of hydrogen-bond donors (Lipinski definition) is 1. The Hall–Kier alpha value is -2.47. The number of benzene rings is 1. The van der Waals surface area contributed by atoms with E-state index in [0.717, 1.165) is 43.8 Å². The van der Waals surface area contributed by atoms with Crippen molar-refractivity contribution in [3.8, 4) is 0 Å². The third-order valence-electron chi connectivity index (χ3n) is 5.32. The van der Waals surface area contributed by atoms with Gasteiger partial charge in [0.1, 0.15) is 12.2 Å². The number of rotatable bonds is 7. The number of fused-ring (bicyclic) bond motifs is 1. The number of nitrogens with zero attached hydrogens (tertiary/aromatic N) is 5. The first kappa shape index (κ1) is 20.3. The normalized spacial score (nSPS) is 12.2. The van der Waals surface area contributed by atoms with Gasteiger partial charge >= 0.3 is 0 Å². The zero-order valence-corrected chi connectivity index (χ0v) is 17.7. The Labute approximate surface area is 167 Å². The Balaban J connectivity index is 1.85. The van der Waals surface area contributed by atoms with Crippen LogP contribution in [0.15, 0.2) is 30.6 Å². The van der Waals surface area contributed by atoms with Crippen LogP contribution in [0.5, 0.6) is 0 Å². The van der Waals surface area contributed by atoms with Gasteiger partial charge in [-0.05, 0) is 45.4 Å². The monoisotopic (exact) mass is 380 g/mol. The fourth-order valence-corrected chi connectivity index (χ4v) is 3.13. The van der Waals surface area contributed by atoms with Gasteiger partial charge in [-0.2, -0.15) is 0 Å². The lowest BCUT2D eigenvalue weighted by Crippen LogP contribution is -2.37. The summed E-state index contributed by atoms with van der Waals surface area (Å²) in [7, 11) is 2.16. The summed E-state index contributed by atoms with van der Waals surface area (Å²) in [5, 5.41) is 0. The van der Waals surface area contributed by atoms with Gasteiger partial charge in [0.05, 0.1) is 6.54 Å². The van der Waals surface area contributed by atoms with Crippen molar-refractivity contribution in [1.29, 1.82) is 0 Å². The third-order valence-corrected chi connectivity index (χ3v) is 5.32. The largest absolute Gasteiger partial charge is 0.382 e. The van der Waals surface area contributed by atoms with E-state index in [2.05, 4.69) is 78.4 Å². The molecule has 0 aliphatic carbocycles. The van der Waals surface area contributed by atoms with E-state index in [1.165, 1.54) is 17.5 Å². The van der Waals surface area contributed by atoms with E-state index in [9.17, 15) is 0 Å². The molecular weight excluding hydrogens is 348 g/mol. The first-order valence-electron chi connectivity index (χ1n) is 10.0. The predicted octanol–water partition coefficient (Wildman–Crippen LogP) is 4.03. The molecule has 150 valence electrons. The Morgan fingerprint density at radius 3 is 2.39 bits per heavy atom. The molecule has 2 heterocycles. The van der Waals surface area contributed by atoms with Crippen molar-refractivity contribution < 1.29 is 0 Å². The van der Waals surface area contributed by atoms with Gasteiger partial charge in [0.2, 0.25) is 0 Å². The molecule has 0 aliphatic heterocycles. The molecule has 2 aromatic heterocycles. The molecule has 0 spiro atoms. The highest BCUT2D eigenvalue weighted by Gasteiger charge is 2.17. The van der Waals surface area contributed by atoms with Crippen molar-refractivity contribution in [3.63, 3.8) is 0 Å². The summed E-state index contributed by atoms with van der Waals surface area (Å²) in [4.78, 5) is 15.6. The molecule has 0 aliphatic rings. The van der Waals surface area contributed by atoms with E-state index in [1.54, 1.807) is 0 Å². The van der Waals surface area contributed by atoms with E-state index in [1.807, 2.05) is 0 Å². The van der Waals surface area contributed by atoms with Gasteiger partial charge in [-0.15, -0.1) is 0 Å². The molecule has 2 N–H and O–H groups in total. The molecule has 0 saturated heterocycles. The summed E-state index contributed by atoms with van der Waals surface area (Å²) in [6.45, 7) is 10.6. The van der Waals surface area contributed by atoms with E-state index in [-0.39, 0.29) is 5.54 Å². The Bertz CT molecular complexity index is 921. The average molecular weight is 381 g/mol. The van der Waals surface area contributed by atoms with Crippen LogP contribution in [0.2, 0.25) is 0 Å². The second kappa shape index (κ2) is 8.27. The molecule has 1 aromatic carbocycles. The first-order valence-corrected chi connectivity index (χ1v) is 10.0. The van der Waals surface area contributed by atoms with Crippen LogP contribution in [0.25, 0.3) is 11.2 Å². The van der Waals surface area contributed by atoms with E-state index < -0.39 is 0 Å². The Morgan fingerprint density at radius 2 is 1.75 bits per heavy atom. The van der Waals surface area contributed by atoms with Crippen molar-refractivity contribution in [3.05, 3.63) is 47.5 Å². The number of nitrogen functional groups attached to an aromatic ring is 1. The highest BCUT2D eigenvalue weighted by molar-refractivity contribution is 5.81. The van der Waals surface area contributed by atoms with Crippen LogP contribution < -0.4 is 5.73 Å². The molecule has 0 atom stereocenters. The van der Waals surface area contributed by atoms with Crippen LogP contribution in [-0.4, -0.2) is 37.0 Å². The quantitative estimate of drug-likeness (QED) is 0.670.